The van der Waals surface area contributed by atoms with Gasteiger partial charge >= 0.3 is 0 Å². The van der Waals surface area contributed by atoms with E-state index < -0.39 is 0 Å². The Kier molecular flexibility index (Phi) is 5.51. The molecule has 146 valence electrons. The van der Waals surface area contributed by atoms with Crippen LogP contribution in [0.3, 0.4) is 0 Å². The third kappa shape index (κ3) is 3.63. The van der Waals surface area contributed by atoms with Gasteiger partial charge in [-0.3, -0.25) is 14.9 Å². The van der Waals surface area contributed by atoms with E-state index in [0.717, 1.165) is 33.9 Å². The molecule has 1 aromatic carbocycles. The maximum atomic E-state index is 12.9. The number of H-pyrrole nitrogens is 1. The minimum absolute atomic E-state index is 0.173. The van der Waals surface area contributed by atoms with Gasteiger partial charge < -0.3 is 10.3 Å². The first-order valence-electron chi connectivity index (χ1n) is 8.91. The number of nitrogens with one attached hydrogen (secondary N) is 3. The van der Waals surface area contributed by atoms with Crippen LogP contribution in [0.25, 0.3) is 5.69 Å². The second-order valence-electron chi connectivity index (χ2n) is 6.67. The molecule has 0 spiro atoms. The van der Waals surface area contributed by atoms with Gasteiger partial charge in [0, 0.05) is 24.5 Å². The van der Waals surface area contributed by atoms with E-state index in [1.165, 1.54) is 0 Å². The Morgan fingerprint density at radius 1 is 1.18 bits per heavy atom. The summed E-state index contributed by atoms with van der Waals surface area (Å²) in [6, 6.07) is 9.47. The van der Waals surface area contributed by atoms with Crippen LogP contribution in [0.5, 0.6) is 0 Å². The summed E-state index contributed by atoms with van der Waals surface area (Å²) in [4.78, 5) is 16.1. The predicted molar refractivity (Wildman–Crippen MR) is 118 cm³/mol. The molecule has 3 N–H and O–H groups in total. The SMILES string of the molecule is C/C(=N\NC(=S)Nc1c(C)n(C)n(-c2ccccc2)c1=O)c1c(C)c[nH]c1C. The highest BCUT2D eigenvalue weighted by Crippen LogP contribution is 2.15. The molecule has 8 heteroatoms. The summed E-state index contributed by atoms with van der Waals surface area (Å²) >= 11 is 5.34. The molecule has 0 aliphatic rings. The monoisotopic (exact) mass is 396 g/mol. The van der Waals surface area contributed by atoms with Crippen molar-refractivity contribution < 1.29 is 0 Å². The lowest BCUT2D eigenvalue weighted by atomic mass is 10.1. The normalized spacial score (nSPS) is 11.5. The summed E-state index contributed by atoms with van der Waals surface area (Å²) in [5.41, 5.74) is 8.67. The quantitative estimate of drug-likeness (QED) is 0.360. The summed E-state index contributed by atoms with van der Waals surface area (Å²) in [5, 5.41) is 7.61. The number of nitrogens with zero attached hydrogens (tertiary/aromatic N) is 3. The summed E-state index contributed by atoms with van der Waals surface area (Å²) in [7, 11) is 1.84. The van der Waals surface area contributed by atoms with Gasteiger partial charge in [-0.25, -0.2) is 4.68 Å². The number of thiocarbonyl (C=S) groups is 1. The Bertz CT molecular complexity index is 1080. The van der Waals surface area contributed by atoms with Gasteiger partial charge in [-0.05, 0) is 57.6 Å². The van der Waals surface area contributed by atoms with Crippen LogP contribution in [0.4, 0.5) is 5.69 Å². The average molecular weight is 397 g/mol. The maximum Gasteiger partial charge on any atom is 0.295 e. The molecule has 2 heterocycles. The number of hydrazone groups is 1. The van der Waals surface area contributed by atoms with E-state index in [1.807, 2.05) is 71.3 Å². The van der Waals surface area contributed by atoms with Crippen LogP contribution >= 0.6 is 12.2 Å². The molecule has 0 saturated heterocycles. The number of hydrogen-bond acceptors (Lipinski definition) is 3. The van der Waals surface area contributed by atoms with Gasteiger partial charge in [0.05, 0.1) is 17.1 Å². The smallest absolute Gasteiger partial charge is 0.295 e. The molecule has 0 fully saturated rings. The number of rotatable bonds is 4. The Morgan fingerprint density at radius 2 is 1.86 bits per heavy atom. The van der Waals surface area contributed by atoms with Crippen LogP contribution in [-0.2, 0) is 7.05 Å². The summed E-state index contributed by atoms with van der Waals surface area (Å²) < 4.78 is 3.39. The van der Waals surface area contributed by atoms with Crippen LogP contribution in [0.2, 0.25) is 0 Å². The molecular weight excluding hydrogens is 372 g/mol. The van der Waals surface area contributed by atoms with Crippen molar-refractivity contribution in [2.45, 2.75) is 27.7 Å². The third-order valence-corrected chi connectivity index (χ3v) is 4.95. The van der Waals surface area contributed by atoms with Crippen molar-refractivity contribution >= 4 is 28.7 Å². The van der Waals surface area contributed by atoms with Crippen LogP contribution < -0.4 is 16.3 Å². The van der Waals surface area contributed by atoms with Crippen molar-refractivity contribution in [3.8, 4) is 5.69 Å². The molecule has 0 unspecified atom stereocenters. The number of anilines is 1. The number of aryl methyl sites for hydroxylation is 2. The Labute approximate surface area is 169 Å². The van der Waals surface area contributed by atoms with Crippen LogP contribution in [-0.4, -0.2) is 25.2 Å². The number of hydrogen-bond donors (Lipinski definition) is 3. The van der Waals surface area contributed by atoms with Gasteiger partial charge in [-0.15, -0.1) is 0 Å². The molecule has 0 radical (unpaired) electrons. The minimum Gasteiger partial charge on any atom is -0.364 e. The molecule has 0 amide bonds. The first-order chi connectivity index (χ1) is 13.3. The lowest BCUT2D eigenvalue weighted by Gasteiger charge is -2.08. The molecule has 0 aliphatic carbocycles. The van der Waals surface area contributed by atoms with Gasteiger partial charge in [0.2, 0.25) is 0 Å². The second-order valence-corrected chi connectivity index (χ2v) is 7.08. The molecule has 3 rings (SSSR count). The molecule has 7 nitrogen and oxygen atoms in total. The fraction of sp³-hybridized carbons (Fsp3) is 0.250. The largest absolute Gasteiger partial charge is 0.364 e. The second kappa shape index (κ2) is 7.85. The summed E-state index contributed by atoms with van der Waals surface area (Å²) in [6.45, 7) is 7.80. The zero-order valence-corrected chi connectivity index (χ0v) is 17.4. The van der Waals surface area contributed by atoms with Crippen LogP contribution in [0, 0.1) is 20.8 Å². The van der Waals surface area contributed by atoms with E-state index in [0.29, 0.717) is 5.69 Å². The molecule has 2 aromatic heterocycles. The van der Waals surface area contributed by atoms with E-state index in [-0.39, 0.29) is 10.7 Å². The number of aromatic nitrogens is 3. The van der Waals surface area contributed by atoms with Gasteiger partial charge in [0.15, 0.2) is 5.11 Å². The number of aromatic amines is 1. The lowest BCUT2D eigenvalue weighted by molar-refractivity contribution is 0.630. The van der Waals surface area contributed by atoms with E-state index in [9.17, 15) is 4.79 Å². The van der Waals surface area contributed by atoms with Gasteiger partial charge in [-0.1, -0.05) is 18.2 Å². The Balaban J connectivity index is 1.82. The minimum atomic E-state index is -0.173. The molecule has 0 saturated carbocycles. The summed E-state index contributed by atoms with van der Waals surface area (Å²) in [6.07, 6.45) is 1.94. The van der Waals surface area contributed by atoms with E-state index >= 15 is 0 Å². The molecule has 0 bridgehead atoms. The standard InChI is InChI=1S/C20H24N6OS/c1-12-11-21-13(2)17(12)14(3)23-24-20(28)22-18-15(4)25(5)26(19(18)27)16-9-7-6-8-10-16/h6-11,21H,1-5H3,(H2,22,24,28)/b23-14+. The molecule has 0 aliphatic heterocycles. The number of benzene rings is 1. The Morgan fingerprint density at radius 3 is 2.46 bits per heavy atom. The zero-order chi connectivity index (χ0) is 20.4. The molecular formula is C20H24N6OS. The van der Waals surface area contributed by atoms with Crippen molar-refractivity contribution in [1.29, 1.82) is 0 Å². The van der Waals surface area contributed by atoms with E-state index in [1.54, 1.807) is 9.36 Å². The highest BCUT2D eigenvalue weighted by Gasteiger charge is 2.17. The first kappa shape index (κ1) is 19.6. The molecule has 0 atom stereocenters. The van der Waals surface area contributed by atoms with Gasteiger partial charge in [-0.2, -0.15) is 5.10 Å². The van der Waals surface area contributed by atoms with Crippen LogP contribution in [0.15, 0.2) is 46.4 Å². The highest BCUT2D eigenvalue weighted by molar-refractivity contribution is 7.80. The lowest BCUT2D eigenvalue weighted by Crippen LogP contribution is -2.28. The van der Waals surface area contributed by atoms with E-state index in [2.05, 4.69) is 20.8 Å². The highest BCUT2D eigenvalue weighted by atomic mass is 32.1. The maximum absolute atomic E-state index is 12.9. The predicted octanol–water partition coefficient (Wildman–Crippen LogP) is 3.14. The van der Waals surface area contributed by atoms with Crippen molar-refractivity contribution in [3.63, 3.8) is 0 Å². The average Bonchev–Trinajstić information content (AvgIpc) is 3.11. The van der Waals surface area contributed by atoms with Crippen molar-refractivity contribution in [3.05, 3.63) is 69.4 Å². The van der Waals surface area contributed by atoms with E-state index in [4.69, 9.17) is 12.2 Å². The zero-order valence-electron chi connectivity index (χ0n) is 16.6. The molecule has 3 aromatic rings. The molecule has 28 heavy (non-hydrogen) atoms. The third-order valence-electron chi connectivity index (χ3n) is 4.75. The van der Waals surface area contributed by atoms with Crippen molar-refractivity contribution in [2.75, 3.05) is 5.32 Å². The first-order valence-corrected chi connectivity index (χ1v) is 9.32. The fourth-order valence-electron chi connectivity index (χ4n) is 3.26. The topological polar surface area (TPSA) is 79.1 Å². The fourth-order valence-corrected chi connectivity index (χ4v) is 3.41. The van der Waals surface area contributed by atoms with Gasteiger partial charge in [0.1, 0.15) is 5.69 Å². The van der Waals surface area contributed by atoms with Crippen molar-refractivity contribution in [2.24, 2.45) is 12.1 Å². The van der Waals surface area contributed by atoms with Crippen LogP contribution in [0.1, 0.15) is 29.4 Å². The van der Waals surface area contributed by atoms with Gasteiger partial charge in [0.25, 0.3) is 5.56 Å². The Hall–Kier alpha value is -3.13. The van der Waals surface area contributed by atoms with Crippen molar-refractivity contribution in [1.82, 2.24) is 19.8 Å². The number of para-hydroxylation sites is 1. The summed E-state index contributed by atoms with van der Waals surface area (Å²) in [5.74, 6) is 0.